The number of hydrogen-bond acceptors (Lipinski definition) is 5. The van der Waals surface area contributed by atoms with Gasteiger partial charge >= 0.3 is 0 Å². The highest BCUT2D eigenvalue weighted by molar-refractivity contribution is 6.28. The number of aromatic nitrogens is 2. The van der Waals surface area contributed by atoms with Gasteiger partial charge in [0.15, 0.2) is 5.82 Å². The summed E-state index contributed by atoms with van der Waals surface area (Å²) in [5.41, 5.74) is 7.44. The Morgan fingerprint density at radius 1 is 1.42 bits per heavy atom. The minimum absolute atomic E-state index is 0.182. The molecule has 19 heavy (non-hydrogen) atoms. The third-order valence-electron chi connectivity index (χ3n) is 2.68. The first kappa shape index (κ1) is 13.4. The van der Waals surface area contributed by atoms with Crippen molar-refractivity contribution in [2.24, 2.45) is 0 Å². The van der Waals surface area contributed by atoms with Crippen LogP contribution < -0.4 is 15.4 Å². The molecule has 0 unspecified atom stereocenters. The van der Waals surface area contributed by atoms with Crippen LogP contribution in [0.4, 0.5) is 11.5 Å². The Morgan fingerprint density at radius 2 is 2.21 bits per heavy atom. The van der Waals surface area contributed by atoms with Crippen LogP contribution in [0.3, 0.4) is 0 Å². The summed E-state index contributed by atoms with van der Waals surface area (Å²) in [5.74, 6) is 1.43. The predicted molar refractivity (Wildman–Crippen MR) is 76.6 cm³/mol. The molecule has 2 N–H and O–H groups in total. The van der Waals surface area contributed by atoms with E-state index in [0.29, 0.717) is 18.1 Å². The number of methoxy groups -OCH3 is 1. The molecule has 2 rings (SSSR count). The summed E-state index contributed by atoms with van der Waals surface area (Å²) in [6.07, 6.45) is 1.51. The molecular weight excluding hydrogens is 264 g/mol. The van der Waals surface area contributed by atoms with Crippen LogP contribution in [0.15, 0.2) is 30.5 Å². The molecule has 1 aromatic carbocycles. The SMILES string of the molecule is COc1cccc(CN(C)c2nc(Cl)ncc2N)c1. The maximum absolute atomic E-state index is 5.85. The van der Waals surface area contributed by atoms with Gasteiger partial charge in [-0.25, -0.2) is 4.98 Å². The zero-order valence-corrected chi connectivity index (χ0v) is 11.6. The summed E-state index contributed by atoms with van der Waals surface area (Å²) in [6, 6.07) is 7.82. The van der Waals surface area contributed by atoms with Crippen LogP contribution in [0.25, 0.3) is 0 Å². The molecule has 1 heterocycles. The molecule has 1 aromatic heterocycles. The molecule has 0 bridgehead atoms. The van der Waals surface area contributed by atoms with Crippen LogP contribution in [-0.4, -0.2) is 24.1 Å². The molecule has 0 atom stereocenters. The number of nitrogen functional groups attached to an aromatic ring is 1. The average molecular weight is 279 g/mol. The monoisotopic (exact) mass is 278 g/mol. The van der Waals surface area contributed by atoms with Crippen LogP contribution >= 0.6 is 11.6 Å². The largest absolute Gasteiger partial charge is 0.497 e. The van der Waals surface area contributed by atoms with Gasteiger partial charge in [-0.1, -0.05) is 12.1 Å². The number of anilines is 2. The first-order chi connectivity index (χ1) is 9.10. The van der Waals surface area contributed by atoms with Crippen molar-refractivity contribution in [2.75, 3.05) is 24.8 Å². The van der Waals surface area contributed by atoms with Crippen LogP contribution in [-0.2, 0) is 6.54 Å². The highest BCUT2D eigenvalue weighted by atomic mass is 35.5. The van der Waals surface area contributed by atoms with Gasteiger partial charge in [-0.2, -0.15) is 4.98 Å². The van der Waals surface area contributed by atoms with E-state index in [1.54, 1.807) is 7.11 Å². The molecule has 6 heteroatoms. The molecule has 5 nitrogen and oxygen atoms in total. The second kappa shape index (κ2) is 5.75. The minimum atomic E-state index is 0.182. The zero-order chi connectivity index (χ0) is 13.8. The van der Waals surface area contributed by atoms with Crippen LogP contribution in [0.2, 0.25) is 5.28 Å². The Labute approximate surface area is 117 Å². The maximum Gasteiger partial charge on any atom is 0.224 e. The second-order valence-corrected chi connectivity index (χ2v) is 4.46. The van der Waals surface area contributed by atoms with E-state index in [2.05, 4.69) is 9.97 Å². The highest BCUT2D eigenvalue weighted by Crippen LogP contribution is 2.22. The molecule has 2 aromatic rings. The van der Waals surface area contributed by atoms with Gasteiger partial charge in [0.05, 0.1) is 19.0 Å². The lowest BCUT2D eigenvalue weighted by molar-refractivity contribution is 0.414. The third-order valence-corrected chi connectivity index (χ3v) is 2.86. The summed E-state index contributed by atoms with van der Waals surface area (Å²) in [5, 5.41) is 0.182. The maximum atomic E-state index is 5.85. The lowest BCUT2D eigenvalue weighted by atomic mass is 10.2. The van der Waals surface area contributed by atoms with Crippen LogP contribution in [0.1, 0.15) is 5.56 Å². The first-order valence-electron chi connectivity index (χ1n) is 5.72. The van der Waals surface area contributed by atoms with E-state index in [1.807, 2.05) is 36.2 Å². The number of hydrogen-bond donors (Lipinski definition) is 1. The van der Waals surface area contributed by atoms with E-state index in [-0.39, 0.29) is 5.28 Å². The van der Waals surface area contributed by atoms with Crippen LogP contribution in [0.5, 0.6) is 5.75 Å². The van der Waals surface area contributed by atoms with Crippen molar-refractivity contribution in [1.82, 2.24) is 9.97 Å². The van der Waals surface area contributed by atoms with Crippen molar-refractivity contribution in [1.29, 1.82) is 0 Å². The van der Waals surface area contributed by atoms with Crippen molar-refractivity contribution >= 4 is 23.1 Å². The Hall–Kier alpha value is -2.01. The number of nitrogens with two attached hydrogens (primary N) is 1. The normalized spacial score (nSPS) is 10.3. The van der Waals surface area contributed by atoms with Crippen molar-refractivity contribution in [3.05, 3.63) is 41.3 Å². The topological polar surface area (TPSA) is 64.3 Å². The van der Waals surface area contributed by atoms with E-state index in [1.165, 1.54) is 6.20 Å². The zero-order valence-electron chi connectivity index (χ0n) is 10.8. The van der Waals surface area contributed by atoms with E-state index in [0.717, 1.165) is 11.3 Å². The quantitative estimate of drug-likeness (QED) is 0.870. The Balaban J connectivity index is 2.20. The average Bonchev–Trinajstić information content (AvgIpc) is 2.41. The van der Waals surface area contributed by atoms with Crippen molar-refractivity contribution < 1.29 is 4.74 Å². The number of rotatable bonds is 4. The second-order valence-electron chi connectivity index (χ2n) is 4.13. The molecule has 0 radical (unpaired) electrons. The fraction of sp³-hybridized carbons (Fsp3) is 0.231. The summed E-state index contributed by atoms with van der Waals surface area (Å²) in [6.45, 7) is 0.648. The van der Waals surface area contributed by atoms with Gasteiger partial charge < -0.3 is 15.4 Å². The van der Waals surface area contributed by atoms with Gasteiger partial charge in [0.25, 0.3) is 0 Å². The van der Waals surface area contributed by atoms with Gasteiger partial charge in [-0.3, -0.25) is 0 Å². The molecule has 0 saturated heterocycles. The smallest absolute Gasteiger partial charge is 0.224 e. The van der Waals surface area contributed by atoms with Crippen LogP contribution in [0, 0.1) is 0 Å². The van der Waals surface area contributed by atoms with Crippen molar-refractivity contribution in [2.45, 2.75) is 6.54 Å². The van der Waals surface area contributed by atoms with Gasteiger partial charge in [-0.05, 0) is 29.3 Å². The first-order valence-corrected chi connectivity index (χ1v) is 6.10. The summed E-state index contributed by atoms with van der Waals surface area (Å²) in [7, 11) is 3.54. The number of benzene rings is 1. The van der Waals surface area contributed by atoms with Gasteiger partial charge in [0.2, 0.25) is 5.28 Å². The molecule has 0 fully saturated rings. The summed E-state index contributed by atoms with van der Waals surface area (Å²) < 4.78 is 5.20. The third kappa shape index (κ3) is 3.26. The molecule has 0 aliphatic heterocycles. The fourth-order valence-corrected chi connectivity index (χ4v) is 1.92. The standard InChI is InChI=1S/C13H15ClN4O/c1-18(12-11(15)7-16-13(14)17-12)8-9-4-3-5-10(6-9)19-2/h3-7H,8,15H2,1-2H3. The van der Waals surface area contributed by atoms with Gasteiger partial charge in [0.1, 0.15) is 5.75 Å². The molecule has 0 aliphatic rings. The predicted octanol–water partition coefficient (Wildman–Crippen LogP) is 2.36. The Kier molecular flexibility index (Phi) is 4.06. The van der Waals surface area contributed by atoms with Gasteiger partial charge in [-0.15, -0.1) is 0 Å². The lowest BCUT2D eigenvalue weighted by Gasteiger charge is -2.20. The highest BCUT2D eigenvalue weighted by Gasteiger charge is 2.09. The Morgan fingerprint density at radius 3 is 2.95 bits per heavy atom. The van der Waals surface area contributed by atoms with Crippen molar-refractivity contribution in [3.63, 3.8) is 0 Å². The van der Waals surface area contributed by atoms with E-state index < -0.39 is 0 Å². The molecule has 0 spiro atoms. The minimum Gasteiger partial charge on any atom is -0.497 e. The molecule has 0 amide bonds. The Bertz CT molecular complexity index is 576. The van der Waals surface area contributed by atoms with Gasteiger partial charge in [0, 0.05) is 13.6 Å². The summed E-state index contributed by atoms with van der Waals surface area (Å²) in [4.78, 5) is 9.89. The van der Waals surface area contributed by atoms with E-state index >= 15 is 0 Å². The number of halogens is 1. The number of ether oxygens (including phenoxy) is 1. The molecular formula is C13H15ClN4O. The number of nitrogens with zero attached hydrogens (tertiary/aromatic N) is 3. The molecule has 0 aliphatic carbocycles. The molecule has 100 valence electrons. The van der Waals surface area contributed by atoms with E-state index in [9.17, 15) is 0 Å². The fourth-order valence-electron chi connectivity index (χ4n) is 1.79. The van der Waals surface area contributed by atoms with Crippen molar-refractivity contribution in [3.8, 4) is 5.75 Å². The lowest BCUT2D eigenvalue weighted by Crippen LogP contribution is -2.19. The summed E-state index contributed by atoms with van der Waals surface area (Å²) >= 11 is 5.79. The molecule has 0 saturated carbocycles. The van der Waals surface area contributed by atoms with E-state index in [4.69, 9.17) is 22.1 Å².